The van der Waals surface area contributed by atoms with Crippen molar-refractivity contribution >= 4 is 34.9 Å². The van der Waals surface area contributed by atoms with Gasteiger partial charge in [0.2, 0.25) is 0 Å². The summed E-state index contributed by atoms with van der Waals surface area (Å²) >= 11 is 5.96. The van der Waals surface area contributed by atoms with E-state index >= 15 is 0 Å². The van der Waals surface area contributed by atoms with Crippen LogP contribution >= 0.6 is 11.6 Å². The number of hydrogen-bond donors (Lipinski definition) is 1. The topological polar surface area (TPSA) is 98.5 Å². The minimum absolute atomic E-state index is 0.0382. The molecule has 8 heteroatoms. The number of carbonyl (C=O) groups is 2. The van der Waals surface area contributed by atoms with Gasteiger partial charge in [0.15, 0.2) is 6.61 Å². The molecule has 0 aliphatic carbocycles. The first kappa shape index (κ1) is 18.4. The average molecular weight is 363 g/mol. The van der Waals surface area contributed by atoms with E-state index in [1.165, 1.54) is 18.2 Å². The molecule has 2 aromatic rings. The van der Waals surface area contributed by atoms with Gasteiger partial charge in [0, 0.05) is 22.8 Å². The molecule has 7 nitrogen and oxygen atoms in total. The third-order valence-corrected chi connectivity index (χ3v) is 3.72. The number of carbonyl (C=O) groups excluding carboxylic acids is 2. The highest BCUT2D eigenvalue weighted by atomic mass is 35.5. The zero-order valence-corrected chi connectivity index (χ0v) is 14.1. The van der Waals surface area contributed by atoms with Crippen molar-refractivity contribution in [3.8, 4) is 0 Å². The number of nitrogens with zero attached hydrogens (tertiary/aromatic N) is 1. The van der Waals surface area contributed by atoms with Crippen LogP contribution in [0, 0.1) is 17.0 Å². The Kier molecular flexibility index (Phi) is 6.08. The molecule has 0 fully saturated rings. The van der Waals surface area contributed by atoms with E-state index in [4.69, 9.17) is 16.3 Å². The number of aryl methyl sites for hydroxylation is 1. The van der Waals surface area contributed by atoms with Crippen LogP contribution in [0.4, 0.5) is 11.4 Å². The van der Waals surface area contributed by atoms with E-state index in [1.54, 1.807) is 31.2 Å². The Bertz CT molecular complexity index is 822. The molecule has 0 atom stereocenters. The predicted molar refractivity (Wildman–Crippen MR) is 92.6 cm³/mol. The summed E-state index contributed by atoms with van der Waals surface area (Å²) in [7, 11) is 0. The van der Waals surface area contributed by atoms with Gasteiger partial charge in [-0.3, -0.25) is 19.7 Å². The molecule has 0 aromatic heterocycles. The minimum atomic E-state index is -0.580. The monoisotopic (exact) mass is 362 g/mol. The lowest BCUT2D eigenvalue weighted by atomic mass is 10.1. The van der Waals surface area contributed by atoms with Crippen LogP contribution < -0.4 is 5.32 Å². The van der Waals surface area contributed by atoms with Crippen LogP contribution in [0.2, 0.25) is 5.02 Å². The molecule has 25 heavy (non-hydrogen) atoms. The van der Waals surface area contributed by atoms with Gasteiger partial charge in [0.25, 0.3) is 11.6 Å². The molecule has 1 N–H and O–H groups in total. The number of nitrogens with one attached hydrogen (secondary N) is 1. The number of rotatable bonds is 6. The standard InChI is InChI=1S/C17H15ClN2O5/c1-11-8-13(20(23)24)6-7-15(11)19-16(21)10-25-17(22)9-12-4-2-3-5-14(12)18/h2-8H,9-10H2,1H3,(H,19,21). The predicted octanol–water partition coefficient (Wildman–Crippen LogP) is 3.28. The van der Waals surface area contributed by atoms with E-state index in [9.17, 15) is 19.7 Å². The quantitative estimate of drug-likeness (QED) is 0.483. The lowest BCUT2D eigenvalue weighted by Gasteiger charge is -2.09. The van der Waals surface area contributed by atoms with Crippen molar-refractivity contribution in [2.75, 3.05) is 11.9 Å². The number of hydrogen-bond acceptors (Lipinski definition) is 5. The van der Waals surface area contributed by atoms with Gasteiger partial charge in [-0.25, -0.2) is 0 Å². The van der Waals surface area contributed by atoms with E-state index in [1.807, 2.05) is 0 Å². The summed E-state index contributed by atoms with van der Waals surface area (Å²) in [6, 6.07) is 10.9. The molecule has 0 spiro atoms. The Hall–Kier alpha value is -2.93. The van der Waals surface area contributed by atoms with Crippen molar-refractivity contribution < 1.29 is 19.2 Å². The van der Waals surface area contributed by atoms with E-state index < -0.39 is 23.4 Å². The van der Waals surface area contributed by atoms with Gasteiger partial charge in [0.1, 0.15) is 0 Å². The maximum Gasteiger partial charge on any atom is 0.310 e. The molecule has 0 heterocycles. The summed E-state index contributed by atoms with van der Waals surface area (Å²) in [4.78, 5) is 33.8. The zero-order valence-electron chi connectivity index (χ0n) is 13.3. The molecule has 0 bridgehead atoms. The lowest BCUT2D eigenvalue weighted by molar-refractivity contribution is -0.384. The first-order valence-electron chi connectivity index (χ1n) is 7.30. The number of esters is 1. The molecule has 130 valence electrons. The van der Waals surface area contributed by atoms with Gasteiger partial charge in [-0.05, 0) is 30.2 Å². The Morgan fingerprint density at radius 3 is 2.60 bits per heavy atom. The van der Waals surface area contributed by atoms with Crippen LogP contribution in [-0.2, 0) is 20.7 Å². The number of amides is 1. The third-order valence-electron chi connectivity index (χ3n) is 3.35. The second-order valence-corrected chi connectivity index (χ2v) is 5.64. The fourth-order valence-corrected chi connectivity index (χ4v) is 2.28. The highest BCUT2D eigenvalue weighted by Gasteiger charge is 2.13. The number of anilines is 1. The summed E-state index contributed by atoms with van der Waals surface area (Å²) < 4.78 is 4.92. The highest BCUT2D eigenvalue weighted by Crippen LogP contribution is 2.21. The fourth-order valence-electron chi connectivity index (χ4n) is 2.08. The van der Waals surface area contributed by atoms with Gasteiger partial charge in [0.05, 0.1) is 11.3 Å². The van der Waals surface area contributed by atoms with Crippen molar-refractivity contribution in [1.29, 1.82) is 0 Å². The van der Waals surface area contributed by atoms with Crippen LogP contribution in [0.3, 0.4) is 0 Å². The Labute approximate surface area is 148 Å². The molecule has 0 unspecified atom stereocenters. The molecule has 0 aliphatic heterocycles. The third kappa shape index (κ3) is 5.29. The van der Waals surface area contributed by atoms with E-state index in [2.05, 4.69) is 5.32 Å². The van der Waals surface area contributed by atoms with Crippen molar-refractivity contribution in [2.24, 2.45) is 0 Å². The maximum atomic E-state index is 11.9. The summed E-state index contributed by atoms with van der Waals surface area (Å²) in [6.45, 7) is 1.17. The molecule has 0 saturated carbocycles. The molecule has 1 amide bonds. The molecular formula is C17H15ClN2O5. The van der Waals surface area contributed by atoms with Crippen molar-refractivity contribution in [3.63, 3.8) is 0 Å². The second-order valence-electron chi connectivity index (χ2n) is 5.23. The van der Waals surface area contributed by atoms with Crippen LogP contribution in [-0.4, -0.2) is 23.4 Å². The van der Waals surface area contributed by atoms with Crippen molar-refractivity contribution in [2.45, 2.75) is 13.3 Å². The maximum absolute atomic E-state index is 11.9. The molecule has 0 aliphatic rings. The van der Waals surface area contributed by atoms with E-state index in [0.717, 1.165) is 0 Å². The average Bonchev–Trinajstić information content (AvgIpc) is 2.57. The van der Waals surface area contributed by atoms with E-state index in [-0.39, 0.29) is 12.1 Å². The SMILES string of the molecule is Cc1cc([N+](=O)[O-])ccc1NC(=O)COC(=O)Cc1ccccc1Cl. The molecule has 0 radical (unpaired) electrons. The van der Waals surface area contributed by atoms with Crippen molar-refractivity contribution in [1.82, 2.24) is 0 Å². The van der Waals surface area contributed by atoms with Gasteiger partial charge in [-0.2, -0.15) is 0 Å². The number of nitro benzene ring substituents is 1. The summed E-state index contributed by atoms with van der Waals surface area (Å²) in [5.74, 6) is -1.12. The van der Waals surface area contributed by atoms with E-state index in [0.29, 0.717) is 21.8 Å². The van der Waals surface area contributed by atoms with Crippen molar-refractivity contribution in [3.05, 3.63) is 68.7 Å². The van der Waals surface area contributed by atoms with Gasteiger partial charge in [-0.15, -0.1) is 0 Å². The smallest absolute Gasteiger partial charge is 0.310 e. The largest absolute Gasteiger partial charge is 0.455 e. The zero-order chi connectivity index (χ0) is 18.4. The van der Waals surface area contributed by atoms with Crippen LogP contribution in [0.1, 0.15) is 11.1 Å². The van der Waals surface area contributed by atoms with Crippen LogP contribution in [0.5, 0.6) is 0 Å². The number of benzene rings is 2. The van der Waals surface area contributed by atoms with Crippen LogP contribution in [0.15, 0.2) is 42.5 Å². The summed E-state index contributed by atoms with van der Waals surface area (Å²) in [6.07, 6.45) is -0.0382. The number of ether oxygens (including phenoxy) is 1. The first-order chi connectivity index (χ1) is 11.9. The number of nitro groups is 1. The minimum Gasteiger partial charge on any atom is -0.455 e. The highest BCUT2D eigenvalue weighted by molar-refractivity contribution is 6.31. The molecule has 0 saturated heterocycles. The summed E-state index contributed by atoms with van der Waals surface area (Å²) in [5.41, 5.74) is 1.49. The Balaban J connectivity index is 1.87. The molecule has 2 aromatic carbocycles. The number of halogens is 1. The molecule has 2 rings (SSSR count). The van der Waals surface area contributed by atoms with Gasteiger partial charge < -0.3 is 10.1 Å². The normalized spacial score (nSPS) is 10.2. The van der Waals surface area contributed by atoms with Gasteiger partial charge in [-0.1, -0.05) is 29.8 Å². The second kappa shape index (κ2) is 8.25. The van der Waals surface area contributed by atoms with Crippen LogP contribution in [0.25, 0.3) is 0 Å². The number of non-ortho nitro benzene ring substituents is 1. The molecular weight excluding hydrogens is 348 g/mol. The van der Waals surface area contributed by atoms with Gasteiger partial charge >= 0.3 is 5.97 Å². The summed E-state index contributed by atoms with van der Waals surface area (Å²) in [5, 5.41) is 13.7. The lowest BCUT2D eigenvalue weighted by Crippen LogP contribution is -2.22. The first-order valence-corrected chi connectivity index (χ1v) is 7.68. The Morgan fingerprint density at radius 2 is 1.96 bits per heavy atom. The fraction of sp³-hybridized carbons (Fsp3) is 0.176. The Morgan fingerprint density at radius 1 is 1.24 bits per heavy atom.